The fourth-order valence-electron chi connectivity index (χ4n) is 1.24. The Morgan fingerprint density at radius 1 is 1.44 bits per heavy atom. The molecule has 0 aliphatic rings. The maximum absolute atomic E-state index is 11.9. The Bertz CT molecular complexity index is 463. The second-order valence-corrected chi connectivity index (χ2v) is 6.44. The molecule has 1 heterocycles. The third-order valence-electron chi connectivity index (χ3n) is 2.27. The maximum Gasteiger partial charge on any atom is 0.302 e. The summed E-state index contributed by atoms with van der Waals surface area (Å²) in [5.41, 5.74) is 0. The van der Waals surface area contributed by atoms with Crippen LogP contribution in [-0.2, 0) is 10.2 Å². The summed E-state index contributed by atoms with van der Waals surface area (Å²) in [7, 11) is -0.159. The Kier molecular flexibility index (Phi) is 6.00. The number of pyridine rings is 1. The summed E-state index contributed by atoms with van der Waals surface area (Å²) in [6.45, 7) is 1.23. The molecule has 1 aromatic heterocycles. The Morgan fingerprint density at radius 3 is 2.72 bits per heavy atom. The first-order valence-corrected chi connectivity index (χ1v) is 7.69. The largest absolute Gasteiger partial charge is 0.320 e. The van der Waals surface area contributed by atoms with Crippen LogP contribution in [0, 0.1) is 0 Å². The van der Waals surface area contributed by atoms with Crippen molar-refractivity contribution in [1.29, 1.82) is 0 Å². The van der Waals surface area contributed by atoms with E-state index in [0.717, 1.165) is 17.4 Å². The first-order chi connectivity index (χ1) is 8.45. The Morgan fingerprint density at radius 2 is 2.17 bits per heavy atom. The van der Waals surface area contributed by atoms with Crippen molar-refractivity contribution in [3.8, 4) is 0 Å². The van der Waals surface area contributed by atoms with E-state index in [4.69, 9.17) is 0 Å². The Labute approximate surface area is 116 Å². The minimum atomic E-state index is -3.53. The SMILES string of the molecule is CNCCCN(C)S(=O)(=O)Nc1ccc(Br)cn1. The van der Waals surface area contributed by atoms with Gasteiger partial charge in [-0.05, 0) is 48.1 Å². The first-order valence-electron chi connectivity index (χ1n) is 5.46. The van der Waals surface area contributed by atoms with Crippen LogP contribution in [0.4, 0.5) is 5.82 Å². The van der Waals surface area contributed by atoms with Gasteiger partial charge in [0.05, 0.1) is 0 Å². The molecule has 0 fully saturated rings. The van der Waals surface area contributed by atoms with Crippen molar-refractivity contribution in [2.24, 2.45) is 0 Å². The molecule has 1 rings (SSSR count). The van der Waals surface area contributed by atoms with E-state index in [-0.39, 0.29) is 0 Å². The van der Waals surface area contributed by atoms with Gasteiger partial charge in [0.2, 0.25) is 0 Å². The topological polar surface area (TPSA) is 74.3 Å². The van der Waals surface area contributed by atoms with E-state index in [0.29, 0.717) is 12.4 Å². The quantitative estimate of drug-likeness (QED) is 0.729. The zero-order chi connectivity index (χ0) is 13.6. The van der Waals surface area contributed by atoms with Crippen molar-refractivity contribution >= 4 is 32.0 Å². The molecule has 0 saturated carbocycles. The summed E-state index contributed by atoms with van der Waals surface area (Å²) >= 11 is 3.24. The summed E-state index contributed by atoms with van der Waals surface area (Å²) in [6.07, 6.45) is 2.29. The van der Waals surface area contributed by atoms with Crippen molar-refractivity contribution in [3.05, 3.63) is 22.8 Å². The number of hydrogen-bond acceptors (Lipinski definition) is 4. The third-order valence-corrected chi connectivity index (χ3v) is 4.21. The Balaban J connectivity index is 2.60. The fraction of sp³-hybridized carbons (Fsp3) is 0.500. The van der Waals surface area contributed by atoms with Crippen molar-refractivity contribution in [3.63, 3.8) is 0 Å². The van der Waals surface area contributed by atoms with Gasteiger partial charge < -0.3 is 5.32 Å². The summed E-state index contributed by atoms with van der Waals surface area (Å²) in [5, 5.41) is 2.97. The highest BCUT2D eigenvalue weighted by Crippen LogP contribution is 2.12. The number of nitrogens with one attached hydrogen (secondary N) is 2. The van der Waals surface area contributed by atoms with E-state index in [2.05, 4.69) is 31.0 Å². The maximum atomic E-state index is 11.9. The average Bonchev–Trinajstić information content (AvgIpc) is 2.32. The predicted octanol–water partition coefficient (Wildman–Crippen LogP) is 1.04. The van der Waals surface area contributed by atoms with Crippen LogP contribution in [0.25, 0.3) is 0 Å². The van der Waals surface area contributed by atoms with Gasteiger partial charge in [0.15, 0.2) is 0 Å². The second kappa shape index (κ2) is 7.03. The number of hydrogen-bond donors (Lipinski definition) is 2. The number of rotatable bonds is 7. The molecule has 0 radical (unpaired) electrons. The van der Waals surface area contributed by atoms with Crippen LogP contribution in [0.15, 0.2) is 22.8 Å². The van der Waals surface area contributed by atoms with E-state index in [1.54, 1.807) is 18.3 Å². The lowest BCUT2D eigenvalue weighted by molar-refractivity contribution is 0.462. The predicted molar refractivity (Wildman–Crippen MR) is 75.7 cm³/mol. The molecule has 0 saturated heterocycles. The van der Waals surface area contributed by atoms with Crippen LogP contribution in [0.5, 0.6) is 0 Å². The molecule has 0 spiro atoms. The minimum absolute atomic E-state index is 0.304. The molecule has 0 amide bonds. The van der Waals surface area contributed by atoms with Gasteiger partial charge in [0, 0.05) is 24.3 Å². The van der Waals surface area contributed by atoms with E-state index in [1.165, 1.54) is 11.4 Å². The molecule has 6 nitrogen and oxygen atoms in total. The van der Waals surface area contributed by atoms with Crippen LogP contribution in [0.3, 0.4) is 0 Å². The van der Waals surface area contributed by atoms with Gasteiger partial charge in [-0.3, -0.25) is 4.72 Å². The van der Waals surface area contributed by atoms with Gasteiger partial charge in [-0.2, -0.15) is 12.7 Å². The number of nitrogens with zero attached hydrogens (tertiary/aromatic N) is 2. The van der Waals surface area contributed by atoms with E-state index < -0.39 is 10.2 Å². The van der Waals surface area contributed by atoms with Gasteiger partial charge in [0.25, 0.3) is 0 Å². The second-order valence-electron chi connectivity index (χ2n) is 3.75. The van der Waals surface area contributed by atoms with Gasteiger partial charge in [-0.1, -0.05) is 0 Å². The normalized spacial score (nSPS) is 11.8. The van der Waals surface area contributed by atoms with Crippen LogP contribution in [-0.4, -0.2) is 44.9 Å². The molecule has 0 aliphatic carbocycles. The molecule has 18 heavy (non-hydrogen) atoms. The molecule has 0 atom stereocenters. The lowest BCUT2D eigenvalue weighted by atomic mass is 10.4. The molecular formula is C10H17BrN4O2S. The minimum Gasteiger partial charge on any atom is -0.320 e. The average molecular weight is 337 g/mol. The highest BCUT2D eigenvalue weighted by atomic mass is 79.9. The van der Waals surface area contributed by atoms with Crippen molar-refractivity contribution in [1.82, 2.24) is 14.6 Å². The first kappa shape index (κ1) is 15.4. The zero-order valence-corrected chi connectivity index (χ0v) is 12.8. The highest BCUT2D eigenvalue weighted by molar-refractivity contribution is 9.10. The summed E-state index contributed by atoms with van der Waals surface area (Å²) in [5.74, 6) is 0.304. The number of anilines is 1. The lowest BCUT2D eigenvalue weighted by Crippen LogP contribution is -2.34. The third kappa shape index (κ3) is 4.89. The van der Waals surface area contributed by atoms with Gasteiger partial charge in [-0.25, -0.2) is 4.98 Å². The van der Waals surface area contributed by atoms with Gasteiger partial charge in [-0.15, -0.1) is 0 Å². The molecular weight excluding hydrogens is 320 g/mol. The molecule has 0 unspecified atom stereocenters. The monoisotopic (exact) mass is 336 g/mol. The van der Waals surface area contributed by atoms with Crippen molar-refractivity contribution in [2.45, 2.75) is 6.42 Å². The summed E-state index contributed by atoms with van der Waals surface area (Å²) in [6, 6.07) is 3.33. The van der Waals surface area contributed by atoms with E-state index >= 15 is 0 Å². The lowest BCUT2D eigenvalue weighted by Gasteiger charge is -2.17. The number of halogens is 1. The van der Waals surface area contributed by atoms with Gasteiger partial charge >= 0.3 is 10.2 Å². The fourth-order valence-corrected chi connectivity index (χ4v) is 2.39. The van der Waals surface area contributed by atoms with Gasteiger partial charge in [0.1, 0.15) is 5.82 Å². The Hall–Kier alpha value is -0.700. The van der Waals surface area contributed by atoms with Crippen LogP contribution in [0.2, 0.25) is 0 Å². The molecule has 0 aliphatic heterocycles. The standard InChI is InChI=1S/C10H17BrN4O2S/c1-12-6-3-7-15(2)18(16,17)14-10-5-4-9(11)8-13-10/h4-5,8,12H,3,6-7H2,1-2H3,(H,13,14). The van der Waals surface area contributed by atoms with Crippen molar-refractivity contribution < 1.29 is 8.42 Å². The van der Waals surface area contributed by atoms with Crippen LogP contribution >= 0.6 is 15.9 Å². The molecule has 102 valence electrons. The van der Waals surface area contributed by atoms with Crippen LogP contribution < -0.4 is 10.0 Å². The van der Waals surface area contributed by atoms with Crippen molar-refractivity contribution in [2.75, 3.05) is 31.9 Å². The molecule has 2 N–H and O–H groups in total. The number of aromatic nitrogens is 1. The molecule has 1 aromatic rings. The highest BCUT2D eigenvalue weighted by Gasteiger charge is 2.17. The van der Waals surface area contributed by atoms with E-state index in [9.17, 15) is 8.42 Å². The van der Waals surface area contributed by atoms with E-state index in [1.807, 2.05) is 7.05 Å². The molecule has 8 heteroatoms. The smallest absolute Gasteiger partial charge is 0.302 e. The summed E-state index contributed by atoms with van der Waals surface area (Å²) < 4.78 is 28.3. The summed E-state index contributed by atoms with van der Waals surface area (Å²) in [4.78, 5) is 3.97. The van der Waals surface area contributed by atoms with Crippen LogP contribution in [0.1, 0.15) is 6.42 Å². The zero-order valence-electron chi connectivity index (χ0n) is 10.4. The molecule has 0 bridgehead atoms. The molecule has 0 aromatic carbocycles.